The molecule has 3 rings (SSSR count). The summed E-state index contributed by atoms with van der Waals surface area (Å²) in [4.78, 5) is 29.7. The number of Topliss-reactive ketones (excluding diaryl/α,β-unsaturated/α-hetero) is 1. The van der Waals surface area contributed by atoms with Crippen LogP contribution in [0.3, 0.4) is 0 Å². The Hall–Kier alpha value is -2.67. The van der Waals surface area contributed by atoms with Gasteiger partial charge in [-0.15, -0.1) is 0 Å². The lowest BCUT2D eigenvalue weighted by Crippen LogP contribution is -2.35. The second-order valence-corrected chi connectivity index (χ2v) is 7.50. The Kier molecular flexibility index (Phi) is 5.32. The third kappa shape index (κ3) is 3.88. The van der Waals surface area contributed by atoms with Crippen LogP contribution in [-0.4, -0.2) is 37.1 Å². The lowest BCUT2D eigenvalue weighted by atomic mass is 9.70. The highest BCUT2D eigenvalue weighted by molar-refractivity contribution is 6.03. The summed E-state index contributed by atoms with van der Waals surface area (Å²) in [6.07, 6.45) is 4.18. The predicted octanol–water partition coefficient (Wildman–Crippen LogP) is 2.20. The Morgan fingerprint density at radius 3 is 2.67 bits per heavy atom. The maximum atomic E-state index is 13.0. The summed E-state index contributed by atoms with van der Waals surface area (Å²) in [5.74, 6) is -0.781. The molecule has 0 spiro atoms. The number of hydrogen-bond donors (Lipinski definition) is 1. The van der Waals surface area contributed by atoms with E-state index in [1.165, 1.54) is 7.11 Å². The number of hydrogen-bond acceptors (Lipinski definition) is 7. The van der Waals surface area contributed by atoms with Gasteiger partial charge in [0.25, 0.3) is 0 Å². The molecule has 144 valence electrons. The van der Waals surface area contributed by atoms with Crippen molar-refractivity contribution in [3.8, 4) is 0 Å². The Balaban J connectivity index is 2.06. The largest absolute Gasteiger partial charge is 0.460 e. The summed E-state index contributed by atoms with van der Waals surface area (Å²) < 4.78 is 15.9. The first kappa shape index (κ1) is 19.1. The van der Waals surface area contributed by atoms with Crippen molar-refractivity contribution in [2.45, 2.75) is 32.6 Å². The molecular formula is C20H24N2O5. The minimum atomic E-state index is -0.629. The van der Waals surface area contributed by atoms with Crippen LogP contribution in [0.1, 0.15) is 38.2 Å². The number of rotatable bonds is 5. The lowest BCUT2D eigenvalue weighted by molar-refractivity contribution is -0.140. The number of esters is 1. The van der Waals surface area contributed by atoms with E-state index in [9.17, 15) is 9.59 Å². The van der Waals surface area contributed by atoms with Crippen LogP contribution in [-0.2, 0) is 23.8 Å². The lowest BCUT2D eigenvalue weighted by Gasteiger charge is -2.37. The van der Waals surface area contributed by atoms with Crippen molar-refractivity contribution in [2.24, 2.45) is 11.1 Å². The quantitative estimate of drug-likeness (QED) is 0.624. The van der Waals surface area contributed by atoms with Crippen molar-refractivity contribution in [3.63, 3.8) is 0 Å². The summed E-state index contributed by atoms with van der Waals surface area (Å²) in [5, 5.41) is 0. The summed E-state index contributed by atoms with van der Waals surface area (Å²) in [7, 11) is 1.52. The normalized spacial score (nSPS) is 21.6. The fourth-order valence-corrected chi connectivity index (χ4v) is 3.57. The Labute approximate surface area is 158 Å². The first-order chi connectivity index (χ1) is 12.8. The molecule has 1 aliphatic heterocycles. The van der Waals surface area contributed by atoms with Gasteiger partial charge < -0.3 is 19.9 Å². The van der Waals surface area contributed by atoms with E-state index in [1.54, 1.807) is 24.5 Å². The van der Waals surface area contributed by atoms with Crippen molar-refractivity contribution in [1.82, 2.24) is 4.98 Å². The Bertz CT molecular complexity index is 811. The van der Waals surface area contributed by atoms with Gasteiger partial charge in [0.2, 0.25) is 5.88 Å². The van der Waals surface area contributed by atoms with E-state index >= 15 is 0 Å². The zero-order valence-electron chi connectivity index (χ0n) is 15.8. The van der Waals surface area contributed by atoms with Crippen molar-refractivity contribution in [2.75, 3.05) is 20.3 Å². The molecule has 0 amide bonds. The summed E-state index contributed by atoms with van der Waals surface area (Å²) in [6, 6.07) is 3.53. The van der Waals surface area contributed by atoms with Gasteiger partial charge in [-0.2, -0.15) is 0 Å². The van der Waals surface area contributed by atoms with Gasteiger partial charge in [0.1, 0.15) is 17.9 Å². The molecule has 0 aromatic carbocycles. The topological polar surface area (TPSA) is 101 Å². The molecule has 2 N–H and O–H groups in total. The molecule has 7 heteroatoms. The zero-order chi connectivity index (χ0) is 19.6. The second-order valence-electron chi connectivity index (χ2n) is 7.50. The zero-order valence-corrected chi connectivity index (χ0v) is 15.8. The maximum absolute atomic E-state index is 13.0. The second kappa shape index (κ2) is 7.52. The van der Waals surface area contributed by atoms with E-state index in [0.29, 0.717) is 24.2 Å². The molecule has 0 bridgehead atoms. The van der Waals surface area contributed by atoms with Crippen LogP contribution in [0.5, 0.6) is 0 Å². The fourth-order valence-electron chi connectivity index (χ4n) is 3.57. The molecule has 27 heavy (non-hydrogen) atoms. The van der Waals surface area contributed by atoms with E-state index < -0.39 is 11.9 Å². The predicted molar refractivity (Wildman–Crippen MR) is 97.2 cm³/mol. The molecule has 0 fully saturated rings. The SMILES string of the molecule is COCCOC(=O)C1=C(N)OC2=C(C(=O)CC(C)(C)C2)[C@H]1c1ccncc1. The van der Waals surface area contributed by atoms with Gasteiger partial charge >= 0.3 is 5.97 Å². The molecular weight excluding hydrogens is 348 g/mol. The van der Waals surface area contributed by atoms with Crippen LogP contribution in [0.2, 0.25) is 0 Å². The molecule has 0 radical (unpaired) electrons. The van der Waals surface area contributed by atoms with Gasteiger partial charge in [-0.1, -0.05) is 13.8 Å². The molecule has 2 aliphatic rings. The number of methoxy groups -OCH3 is 1. The van der Waals surface area contributed by atoms with Gasteiger partial charge in [0.05, 0.1) is 12.5 Å². The number of aromatic nitrogens is 1. The average molecular weight is 372 g/mol. The van der Waals surface area contributed by atoms with E-state index in [2.05, 4.69) is 4.98 Å². The molecule has 2 heterocycles. The van der Waals surface area contributed by atoms with Crippen LogP contribution >= 0.6 is 0 Å². The number of ether oxygens (including phenoxy) is 3. The maximum Gasteiger partial charge on any atom is 0.340 e. The third-order valence-corrected chi connectivity index (χ3v) is 4.73. The number of pyridine rings is 1. The molecule has 0 saturated carbocycles. The third-order valence-electron chi connectivity index (χ3n) is 4.73. The molecule has 0 unspecified atom stereocenters. The Morgan fingerprint density at radius 2 is 2.00 bits per heavy atom. The number of allylic oxidation sites excluding steroid dienone is 2. The number of nitrogens with zero attached hydrogens (tertiary/aromatic N) is 1. The highest BCUT2D eigenvalue weighted by Gasteiger charge is 2.45. The van der Waals surface area contributed by atoms with E-state index in [0.717, 1.165) is 5.56 Å². The fraction of sp³-hybridized carbons (Fsp3) is 0.450. The first-order valence-corrected chi connectivity index (χ1v) is 8.84. The molecule has 1 aromatic heterocycles. The van der Waals surface area contributed by atoms with Gasteiger partial charge in [0.15, 0.2) is 5.78 Å². The Morgan fingerprint density at radius 1 is 1.30 bits per heavy atom. The van der Waals surface area contributed by atoms with Crippen molar-refractivity contribution in [3.05, 3.63) is 52.9 Å². The van der Waals surface area contributed by atoms with E-state index in [1.807, 2.05) is 13.8 Å². The highest BCUT2D eigenvalue weighted by Crippen LogP contribution is 2.48. The number of nitrogens with two attached hydrogens (primary N) is 1. The van der Waals surface area contributed by atoms with Gasteiger partial charge in [-0.25, -0.2) is 4.79 Å². The number of carbonyl (C=O) groups excluding carboxylic acids is 2. The standard InChI is InChI=1S/C20H24N2O5/c1-20(2)10-13(23)16-14(11-20)27-18(21)17(19(24)26-9-8-25-3)15(16)12-4-6-22-7-5-12/h4-7,15H,8-11,21H2,1-3H3/t15-/m1/s1. The first-order valence-electron chi connectivity index (χ1n) is 8.84. The molecule has 0 saturated heterocycles. The van der Waals surface area contributed by atoms with Crippen LogP contribution in [0.15, 0.2) is 47.3 Å². The smallest absolute Gasteiger partial charge is 0.340 e. The van der Waals surface area contributed by atoms with Crippen LogP contribution in [0.4, 0.5) is 0 Å². The van der Waals surface area contributed by atoms with Crippen LogP contribution in [0.25, 0.3) is 0 Å². The van der Waals surface area contributed by atoms with Crippen LogP contribution in [0, 0.1) is 5.41 Å². The summed E-state index contributed by atoms with van der Waals surface area (Å²) in [6.45, 7) is 4.37. The molecule has 7 nitrogen and oxygen atoms in total. The number of carbonyl (C=O) groups is 2. The highest BCUT2D eigenvalue weighted by atomic mass is 16.6. The molecule has 1 aliphatic carbocycles. The minimum Gasteiger partial charge on any atom is -0.460 e. The molecule has 1 atom stereocenters. The van der Waals surface area contributed by atoms with Gasteiger partial charge in [0, 0.05) is 37.9 Å². The van der Waals surface area contributed by atoms with E-state index in [-0.39, 0.29) is 35.9 Å². The number of ketones is 1. The summed E-state index contributed by atoms with van der Waals surface area (Å²) >= 11 is 0. The minimum absolute atomic E-state index is 0.0246. The van der Waals surface area contributed by atoms with Crippen LogP contribution < -0.4 is 5.73 Å². The van der Waals surface area contributed by atoms with Crippen molar-refractivity contribution < 1.29 is 23.8 Å². The monoisotopic (exact) mass is 372 g/mol. The van der Waals surface area contributed by atoms with E-state index in [4.69, 9.17) is 19.9 Å². The molecule has 1 aromatic rings. The average Bonchev–Trinajstić information content (AvgIpc) is 2.60. The van der Waals surface area contributed by atoms with Crippen molar-refractivity contribution in [1.29, 1.82) is 0 Å². The summed E-state index contributed by atoms with van der Waals surface area (Å²) in [5.41, 5.74) is 7.26. The van der Waals surface area contributed by atoms with Gasteiger partial charge in [-0.3, -0.25) is 9.78 Å². The van der Waals surface area contributed by atoms with Crippen molar-refractivity contribution >= 4 is 11.8 Å². The van der Waals surface area contributed by atoms with Gasteiger partial charge in [-0.05, 0) is 23.1 Å².